The lowest BCUT2D eigenvalue weighted by atomic mass is 10.0. The van der Waals surface area contributed by atoms with Crippen LogP contribution in [0.2, 0.25) is 0 Å². The summed E-state index contributed by atoms with van der Waals surface area (Å²) < 4.78 is 61.8. The van der Waals surface area contributed by atoms with Gasteiger partial charge in [-0.25, -0.2) is 9.37 Å². The van der Waals surface area contributed by atoms with Crippen LogP contribution in [0.3, 0.4) is 0 Å². The number of nitrogens with zero attached hydrogens (tertiary/aromatic N) is 4. The van der Waals surface area contributed by atoms with E-state index in [9.17, 15) is 17.6 Å². The third-order valence-corrected chi connectivity index (χ3v) is 4.36. The molecule has 1 atom stereocenters. The first-order valence-corrected chi connectivity index (χ1v) is 8.39. The van der Waals surface area contributed by atoms with Crippen molar-refractivity contribution in [3.8, 4) is 11.4 Å². The molecule has 4 rings (SSSR count). The fourth-order valence-electron chi connectivity index (χ4n) is 3.02. The lowest BCUT2D eigenvalue weighted by Gasteiger charge is -2.36. The van der Waals surface area contributed by atoms with Crippen LogP contribution in [0.15, 0.2) is 47.1 Å². The molecule has 1 saturated heterocycles. The Bertz CT molecular complexity index is 959. The van der Waals surface area contributed by atoms with Crippen molar-refractivity contribution in [2.45, 2.75) is 12.2 Å². The number of aromatic nitrogens is 3. The van der Waals surface area contributed by atoms with Gasteiger partial charge in [-0.3, -0.25) is 0 Å². The van der Waals surface area contributed by atoms with E-state index in [4.69, 9.17) is 4.74 Å². The molecular formula is C18H14F4N4O2. The minimum atomic E-state index is -4.71. The van der Waals surface area contributed by atoms with Crippen LogP contribution >= 0.6 is 0 Å². The molecule has 28 heavy (non-hydrogen) atoms. The van der Waals surface area contributed by atoms with Gasteiger partial charge >= 0.3 is 12.1 Å². The van der Waals surface area contributed by atoms with Gasteiger partial charge in [-0.05, 0) is 18.2 Å². The van der Waals surface area contributed by atoms with Crippen molar-refractivity contribution in [3.05, 3.63) is 59.9 Å². The maximum Gasteiger partial charge on any atom is 0.471 e. The number of alkyl halides is 3. The van der Waals surface area contributed by atoms with Gasteiger partial charge in [0, 0.05) is 23.9 Å². The zero-order valence-electron chi connectivity index (χ0n) is 14.4. The van der Waals surface area contributed by atoms with Crippen molar-refractivity contribution in [1.29, 1.82) is 0 Å². The first kappa shape index (κ1) is 18.4. The summed E-state index contributed by atoms with van der Waals surface area (Å²) in [4.78, 5) is 9.53. The van der Waals surface area contributed by atoms with Crippen LogP contribution in [-0.4, -0.2) is 34.9 Å². The van der Waals surface area contributed by atoms with Crippen LogP contribution in [0, 0.1) is 5.82 Å². The Kier molecular flexibility index (Phi) is 4.71. The fraction of sp³-hybridized carbons (Fsp3) is 0.278. The molecule has 3 aromatic rings. The maximum atomic E-state index is 14.2. The minimum Gasteiger partial charge on any atom is -0.377 e. The van der Waals surface area contributed by atoms with E-state index in [-0.39, 0.29) is 23.2 Å². The number of morpholine rings is 1. The summed E-state index contributed by atoms with van der Waals surface area (Å²) in [5.41, 5.74) is 0.764. The Hall–Kier alpha value is -3.01. The predicted molar refractivity (Wildman–Crippen MR) is 89.8 cm³/mol. The predicted octanol–water partition coefficient (Wildman–Crippen LogP) is 3.87. The first-order valence-electron chi connectivity index (χ1n) is 8.39. The van der Waals surface area contributed by atoms with Crippen molar-refractivity contribution in [3.63, 3.8) is 0 Å². The normalized spacial score (nSPS) is 17.7. The summed E-state index contributed by atoms with van der Waals surface area (Å²) in [6, 6.07) is 9.23. The summed E-state index contributed by atoms with van der Waals surface area (Å²) in [6.07, 6.45) is -3.35. The molecule has 1 unspecified atom stereocenters. The average Bonchev–Trinajstić information content (AvgIpc) is 3.19. The number of rotatable bonds is 3. The second kappa shape index (κ2) is 7.19. The molecule has 0 amide bonds. The van der Waals surface area contributed by atoms with Crippen molar-refractivity contribution in [1.82, 2.24) is 15.1 Å². The summed E-state index contributed by atoms with van der Waals surface area (Å²) in [7, 11) is 0. The summed E-state index contributed by atoms with van der Waals surface area (Å²) in [5.74, 6) is -1.43. The summed E-state index contributed by atoms with van der Waals surface area (Å²) >= 11 is 0. The van der Waals surface area contributed by atoms with E-state index in [1.165, 1.54) is 12.3 Å². The number of hydrogen-bond donors (Lipinski definition) is 0. The lowest BCUT2D eigenvalue weighted by molar-refractivity contribution is -0.159. The van der Waals surface area contributed by atoms with Gasteiger partial charge in [0.15, 0.2) is 0 Å². The highest BCUT2D eigenvalue weighted by molar-refractivity contribution is 5.56. The van der Waals surface area contributed by atoms with Crippen molar-refractivity contribution in [2.75, 3.05) is 24.7 Å². The molecule has 0 spiro atoms. The van der Waals surface area contributed by atoms with E-state index < -0.39 is 12.1 Å². The molecule has 1 aliphatic rings. The summed E-state index contributed by atoms with van der Waals surface area (Å²) in [5, 5.41) is 3.34. The molecule has 0 saturated carbocycles. The van der Waals surface area contributed by atoms with E-state index >= 15 is 0 Å². The van der Waals surface area contributed by atoms with Crippen LogP contribution in [0.1, 0.15) is 17.5 Å². The van der Waals surface area contributed by atoms with Gasteiger partial charge in [0.2, 0.25) is 5.82 Å². The van der Waals surface area contributed by atoms with Crippen LogP contribution in [0.4, 0.5) is 23.4 Å². The number of hydrogen-bond acceptors (Lipinski definition) is 6. The molecule has 3 heterocycles. The number of pyridine rings is 1. The smallest absolute Gasteiger partial charge is 0.377 e. The molecule has 0 radical (unpaired) electrons. The molecule has 1 aliphatic heterocycles. The van der Waals surface area contributed by atoms with Gasteiger partial charge in [0.25, 0.3) is 0 Å². The van der Waals surface area contributed by atoms with Crippen LogP contribution in [-0.2, 0) is 10.9 Å². The number of halogens is 4. The molecule has 10 heteroatoms. The molecule has 0 N–H and O–H groups in total. The van der Waals surface area contributed by atoms with Gasteiger partial charge < -0.3 is 14.2 Å². The Balaban J connectivity index is 1.60. The first-order chi connectivity index (χ1) is 13.4. The van der Waals surface area contributed by atoms with E-state index in [1.54, 1.807) is 30.3 Å². The zero-order valence-corrected chi connectivity index (χ0v) is 14.4. The Morgan fingerprint density at radius 3 is 2.61 bits per heavy atom. The van der Waals surface area contributed by atoms with E-state index in [0.29, 0.717) is 31.1 Å². The van der Waals surface area contributed by atoms with Crippen LogP contribution in [0.25, 0.3) is 11.4 Å². The van der Waals surface area contributed by atoms with Crippen molar-refractivity contribution >= 4 is 5.82 Å². The molecule has 1 aromatic carbocycles. The highest BCUT2D eigenvalue weighted by Crippen LogP contribution is 2.32. The van der Waals surface area contributed by atoms with Crippen molar-refractivity contribution < 1.29 is 26.8 Å². The monoisotopic (exact) mass is 394 g/mol. The van der Waals surface area contributed by atoms with E-state index in [2.05, 4.69) is 19.6 Å². The van der Waals surface area contributed by atoms with Crippen LogP contribution < -0.4 is 4.90 Å². The molecule has 0 aliphatic carbocycles. The lowest BCUT2D eigenvalue weighted by Crippen LogP contribution is -2.40. The third-order valence-electron chi connectivity index (χ3n) is 4.36. The molecule has 2 aromatic heterocycles. The largest absolute Gasteiger partial charge is 0.471 e. The molecule has 0 bridgehead atoms. The summed E-state index contributed by atoms with van der Waals surface area (Å²) in [6.45, 7) is 1.24. The second-order valence-corrected chi connectivity index (χ2v) is 6.13. The molecule has 6 nitrogen and oxygen atoms in total. The van der Waals surface area contributed by atoms with E-state index in [1.807, 2.05) is 4.90 Å². The average molecular weight is 394 g/mol. The molecule has 146 valence electrons. The minimum absolute atomic E-state index is 0.209. The fourth-order valence-corrected chi connectivity index (χ4v) is 3.02. The number of benzene rings is 1. The molecule has 1 fully saturated rings. The second-order valence-electron chi connectivity index (χ2n) is 6.13. The van der Waals surface area contributed by atoms with Gasteiger partial charge in [-0.2, -0.15) is 18.2 Å². The van der Waals surface area contributed by atoms with Gasteiger partial charge in [-0.15, -0.1) is 0 Å². The standard InChI is InChI=1S/C18H14F4N4O2/c19-13-4-2-1-3-12(13)14-10-27-8-7-26(14)15-6-5-11(9-23-15)16-24-17(28-25-16)18(20,21)22/h1-6,9,14H,7-8,10H2. The van der Waals surface area contributed by atoms with E-state index in [0.717, 1.165) is 0 Å². The quantitative estimate of drug-likeness (QED) is 0.629. The Morgan fingerprint density at radius 2 is 1.93 bits per heavy atom. The Morgan fingerprint density at radius 1 is 1.11 bits per heavy atom. The highest BCUT2D eigenvalue weighted by atomic mass is 19.4. The molecular weight excluding hydrogens is 380 g/mol. The topological polar surface area (TPSA) is 64.3 Å². The van der Waals surface area contributed by atoms with Gasteiger partial charge in [0.1, 0.15) is 11.6 Å². The SMILES string of the molecule is Fc1ccccc1C1COCCN1c1ccc(-c2noc(C(F)(F)F)n2)cn1. The van der Waals surface area contributed by atoms with Crippen molar-refractivity contribution in [2.24, 2.45) is 0 Å². The van der Waals surface area contributed by atoms with Gasteiger partial charge in [-0.1, -0.05) is 23.4 Å². The highest BCUT2D eigenvalue weighted by Gasteiger charge is 2.38. The van der Waals surface area contributed by atoms with Crippen LogP contribution in [0.5, 0.6) is 0 Å². The maximum absolute atomic E-state index is 14.2. The van der Waals surface area contributed by atoms with Gasteiger partial charge in [0.05, 0.1) is 19.3 Å². The zero-order chi connectivity index (χ0) is 19.7. The number of ether oxygens (including phenoxy) is 1. The number of anilines is 1. The Labute approximate surface area is 156 Å². The third kappa shape index (κ3) is 3.55.